The maximum absolute atomic E-state index is 11.9. The van der Waals surface area contributed by atoms with E-state index in [9.17, 15) is 9.90 Å². The number of aliphatic hydroxyl groups is 1. The van der Waals surface area contributed by atoms with E-state index >= 15 is 0 Å². The number of aromatic nitrogens is 2. The van der Waals surface area contributed by atoms with Crippen LogP contribution in [0.3, 0.4) is 0 Å². The van der Waals surface area contributed by atoms with E-state index in [0.29, 0.717) is 13.0 Å². The fraction of sp³-hybridized carbons (Fsp3) is 0.733. The second-order valence-corrected chi connectivity index (χ2v) is 6.38. The Labute approximate surface area is 125 Å². The van der Waals surface area contributed by atoms with Gasteiger partial charge in [0.1, 0.15) is 0 Å². The Kier molecular flexibility index (Phi) is 4.39. The zero-order valence-electron chi connectivity index (χ0n) is 13.2. The quantitative estimate of drug-likeness (QED) is 0.808. The van der Waals surface area contributed by atoms with Crippen molar-refractivity contribution in [2.75, 3.05) is 13.2 Å². The van der Waals surface area contributed by atoms with Gasteiger partial charge < -0.3 is 15.2 Å². The van der Waals surface area contributed by atoms with Crippen molar-refractivity contribution in [1.29, 1.82) is 0 Å². The van der Waals surface area contributed by atoms with E-state index in [1.165, 1.54) is 0 Å². The molecular weight excluding hydrogens is 270 g/mol. The maximum Gasteiger partial charge on any atom is 0.224 e. The van der Waals surface area contributed by atoms with Gasteiger partial charge in [0.15, 0.2) is 0 Å². The molecule has 1 amide bonds. The molecule has 0 radical (unpaired) electrons. The van der Waals surface area contributed by atoms with Crippen LogP contribution in [0.4, 0.5) is 0 Å². The first-order valence-electron chi connectivity index (χ1n) is 7.36. The van der Waals surface area contributed by atoms with Gasteiger partial charge in [-0.2, -0.15) is 5.10 Å². The van der Waals surface area contributed by atoms with Gasteiger partial charge in [-0.05, 0) is 12.5 Å². The first kappa shape index (κ1) is 16.0. The highest BCUT2D eigenvalue weighted by atomic mass is 16.5. The lowest BCUT2D eigenvalue weighted by Gasteiger charge is -2.57. The van der Waals surface area contributed by atoms with Crippen LogP contribution in [0.1, 0.15) is 32.8 Å². The lowest BCUT2D eigenvalue weighted by Crippen LogP contribution is -2.68. The predicted octanol–water partition coefficient (Wildman–Crippen LogP) is 0.645. The zero-order valence-corrected chi connectivity index (χ0v) is 13.2. The van der Waals surface area contributed by atoms with Crippen molar-refractivity contribution in [1.82, 2.24) is 15.1 Å². The van der Waals surface area contributed by atoms with Gasteiger partial charge in [0.2, 0.25) is 5.91 Å². The molecule has 1 aromatic rings. The molecule has 1 saturated carbocycles. The molecule has 0 spiro atoms. The van der Waals surface area contributed by atoms with Gasteiger partial charge in [0, 0.05) is 38.2 Å². The number of rotatable bonds is 6. The van der Waals surface area contributed by atoms with Crippen molar-refractivity contribution >= 4 is 5.91 Å². The molecule has 2 atom stereocenters. The zero-order chi connectivity index (χ0) is 15.7. The summed E-state index contributed by atoms with van der Waals surface area (Å²) < 4.78 is 7.27. The van der Waals surface area contributed by atoms with E-state index in [2.05, 4.69) is 10.4 Å². The number of nitrogens with one attached hydrogen (secondary N) is 1. The molecule has 1 heterocycles. The topological polar surface area (TPSA) is 76.4 Å². The summed E-state index contributed by atoms with van der Waals surface area (Å²) in [5.74, 6) is -0.105. The van der Waals surface area contributed by atoms with Gasteiger partial charge in [-0.25, -0.2) is 0 Å². The molecule has 118 valence electrons. The summed E-state index contributed by atoms with van der Waals surface area (Å²) in [6.45, 7) is 6.79. The second kappa shape index (κ2) is 5.77. The van der Waals surface area contributed by atoms with Crippen LogP contribution in [-0.2, 0) is 23.0 Å². The normalized spacial score (nSPS) is 27.2. The van der Waals surface area contributed by atoms with Crippen LogP contribution < -0.4 is 5.32 Å². The molecule has 2 rings (SSSR count). The molecule has 1 aliphatic carbocycles. The lowest BCUT2D eigenvalue weighted by molar-refractivity contribution is -0.238. The van der Waals surface area contributed by atoms with Crippen molar-refractivity contribution < 1.29 is 14.6 Å². The van der Waals surface area contributed by atoms with Crippen molar-refractivity contribution in [3.63, 3.8) is 0 Å². The van der Waals surface area contributed by atoms with Gasteiger partial charge in [0.05, 0.1) is 24.3 Å². The molecule has 0 bridgehead atoms. The largest absolute Gasteiger partial charge is 0.387 e. The van der Waals surface area contributed by atoms with Crippen molar-refractivity contribution in [2.24, 2.45) is 12.5 Å². The number of carbonyl (C=O) groups excluding carboxylic acids is 1. The Morgan fingerprint density at radius 1 is 1.62 bits per heavy atom. The highest BCUT2D eigenvalue weighted by Crippen LogP contribution is 2.50. The fourth-order valence-corrected chi connectivity index (χ4v) is 2.82. The van der Waals surface area contributed by atoms with Crippen LogP contribution in [0.5, 0.6) is 0 Å². The number of hydrogen-bond acceptors (Lipinski definition) is 4. The summed E-state index contributed by atoms with van der Waals surface area (Å²) in [7, 11) is 1.81. The highest BCUT2D eigenvalue weighted by molar-refractivity contribution is 5.78. The van der Waals surface area contributed by atoms with Crippen LogP contribution in [0.2, 0.25) is 0 Å². The SMILES string of the molecule is CCO[C@@H]1C[C@](O)(CNC(=O)Cc2cnn(C)c2)C1(C)C. The Bertz CT molecular complexity index is 512. The lowest BCUT2D eigenvalue weighted by atomic mass is 9.56. The minimum Gasteiger partial charge on any atom is -0.387 e. The number of aryl methyl sites for hydroxylation is 1. The van der Waals surface area contributed by atoms with Crippen LogP contribution in [-0.4, -0.2) is 45.7 Å². The average Bonchev–Trinajstić information content (AvgIpc) is 2.81. The minimum atomic E-state index is -0.905. The Morgan fingerprint density at radius 2 is 2.33 bits per heavy atom. The standard InChI is InChI=1S/C15H25N3O3/c1-5-21-12-7-15(20,14(12,2)3)10-16-13(19)6-11-8-17-18(4)9-11/h8-9,12,20H,5-7,10H2,1-4H3,(H,16,19)/t12-,15+/m1/s1. The van der Waals surface area contributed by atoms with Gasteiger partial charge in [-0.15, -0.1) is 0 Å². The highest BCUT2D eigenvalue weighted by Gasteiger charge is 2.59. The molecule has 1 fully saturated rings. The summed E-state index contributed by atoms with van der Waals surface area (Å²) in [5.41, 5.74) is -0.399. The predicted molar refractivity (Wildman–Crippen MR) is 78.7 cm³/mol. The monoisotopic (exact) mass is 295 g/mol. The molecule has 1 aliphatic rings. The Balaban J connectivity index is 1.84. The molecule has 1 aromatic heterocycles. The van der Waals surface area contributed by atoms with E-state index < -0.39 is 5.60 Å². The third kappa shape index (κ3) is 3.11. The molecule has 6 heteroatoms. The third-order valence-corrected chi connectivity index (χ3v) is 4.60. The molecule has 2 N–H and O–H groups in total. The first-order valence-corrected chi connectivity index (χ1v) is 7.36. The van der Waals surface area contributed by atoms with Gasteiger partial charge in [-0.1, -0.05) is 13.8 Å². The summed E-state index contributed by atoms with van der Waals surface area (Å²) >= 11 is 0. The van der Waals surface area contributed by atoms with Crippen LogP contribution in [0.25, 0.3) is 0 Å². The van der Waals surface area contributed by atoms with Crippen molar-refractivity contribution in [2.45, 2.75) is 45.3 Å². The van der Waals surface area contributed by atoms with E-state index in [1.54, 1.807) is 10.9 Å². The van der Waals surface area contributed by atoms with Crippen LogP contribution in [0, 0.1) is 5.41 Å². The summed E-state index contributed by atoms with van der Waals surface area (Å²) in [5, 5.41) is 17.5. The second-order valence-electron chi connectivity index (χ2n) is 6.38. The number of ether oxygens (including phenoxy) is 1. The van der Waals surface area contributed by atoms with Crippen LogP contribution >= 0.6 is 0 Å². The fourth-order valence-electron chi connectivity index (χ4n) is 2.82. The van der Waals surface area contributed by atoms with Crippen molar-refractivity contribution in [3.05, 3.63) is 18.0 Å². The van der Waals surface area contributed by atoms with Gasteiger partial charge in [-0.3, -0.25) is 9.48 Å². The van der Waals surface area contributed by atoms with Crippen molar-refractivity contribution in [3.8, 4) is 0 Å². The van der Waals surface area contributed by atoms with Crippen LogP contribution in [0.15, 0.2) is 12.4 Å². The number of amides is 1. The van der Waals surface area contributed by atoms with E-state index in [1.807, 2.05) is 34.0 Å². The molecule has 0 aliphatic heterocycles. The first-order chi connectivity index (χ1) is 9.78. The Hall–Kier alpha value is -1.40. The minimum absolute atomic E-state index is 0.0442. The smallest absolute Gasteiger partial charge is 0.224 e. The molecule has 0 saturated heterocycles. The van der Waals surface area contributed by atoms with E-state index in [4.69, 9.17) is 4.74 Å². The number of nitrogens with zero attached hydrogens (tertiary/aromatic N) is 2. The van der Waals surface area contributed by atoms with E-state index in [-0.39, 0.29) is 30.4 Å². The molecule has 21 heavy (non-hydrogen) atoms. The molecule has 6 nitrogen and oxygen atoms in total. The Morgan fingerprint density at radius 3 is 2.86 bits per heavy atom. The molecule has 0 unspecified atom stereocenters. The molecule has 0 aromatic carbocycles. The summed E-state index contributed by atoms with van der Waals surface area (Å²) in [4.78, 5) is 11.9. The van der Waals surface area contributed by atoms with E-state index in [0.717, 1.165) is 5.56 Å². The summed E-state index contributed by atoms with van der Waals surface area (Å²) in [6.07, 6.45) is 4.36. The third-order valence-electron chi connectivity index (χ3n) is 4.60. The molecular formula is C15H25N3O3. The maximum atomic E-state index is 11.9. The van der Waals surface area contributed by atoms with Gasteiger partial charge in [0.25, 0.3) is 0 Å². The number of hydrogen-bond donors (Lipinski definition) is 2. The summed E-state index contributed by atoms with van der Waals surface area (Å²) in [6, 6.07) is 0. The number of carbonyl (C=O) groups is 1. The average molecular weight is 295 g/mol. The van der Waals surface area contributed by atoms with Gasteiger partial charge >= 0.3 is 0 Å².